The van der Waals surface area contributed by atoms with E-state index in [9.17, 15) is 4.79 Å². The summed E-state index contributed by atoms with van der Waals surface area (Å²) in [6, 6.07) is 0. The molecular formula is C10H14O2. The van der Waals surface area contributed by atoms with Crippen LogP contribution in [0.2, 0.25) is 0 Å². The maximum absolute atomic E-state index is 11.5. The summed E-state index contributed by atoms with van der Waals surface area (Å²) >= 11 is 0. The van der Waals surface area contributed by atoms with E-state index in [0.717, 1.165) is 0 Å². The first-order valence-corrected chi connectivity index (χ1v) is 3.96. The van der Waals surface area contributed by atoms with E-state index in [1.54, 1.807) is 6.08 Å². The van der Waals surface area contributed by atoms with Crippen molar-refractivity contribution < 1.29 is 9.53 Å². The third-order valence-electron chi connectivity index (χ3n) is 2.29. The second-order valence-corrected chi connectivity index (χ2v) is 3.61. The van der Waals surface area contributed by atoms with Crippen molar-refractivity contribution in [1.82, 2.24) is 0 Å². The summed E-state index contributed by atoms with van der Waals surface area (Å²) in [4.78, 5) is 11.5. The average Bonchev–Trinajstić information content (AvgIpc) is 2.21. The fourth-order valence-electron chi connectivity index (χ4n) is 1.56. The van der Waals surface area contributed by atoms with Crippen LogP contribution in [0.1, 0.15) is 13.8 Å². The van der Waals surface area contributed by atoms with Gasteiger partial charge in [-0.05, 0) is 6.08 Å². The molecule has 1 aliphatic carbocycles. The van der Waals surface area contributed by atoms with Gasteiger partial charge in [0.2, 0.25) is 5.78 Å². The molecule has 0 fully saturated rings. The Morgan fingerprint density at radius 3 is 2.50 bits per heavy atom. The predicted molar refractivity (Wildman–Crippen MR) is 47.6 cm³/mol. The van der Waals surface area contributed by atoms with Gasteiger partial charge < -0.3 is 4.74 Å². The monoisotopic (exact) mass is 166 g/mol. The van der Waals surface area contributed by atoms with E-state index in [0.29, 0.717) is 5.76 Å². The Balaban J connectivity index is 3.01. The van der Waals surface area contributed by atoms with Crippen molar-refractivity contribution >= 4 is 5.78 Å². The van der Waals surface area contributed by atoms with Gasteiger partial charge in [-0.3, -0.25) is 4.79 Å². The molecule has 2 nitrogen and oxygen atoms in total. The van der Waals surface area contributed by atoms with Gasteiger partial charge in [0.05, 0.1) is 13.0 Å². The van der Waals surface area contributed by atoms with Crippen molar-refractivity contribution in [2.75, 3.05) is 7.11 Å². The smallest absolute Gasteiger partial charge is 0.204 e. The van der Waals surface area contributed by atoms with E-state index in [1.807, 2.05) is 19.9 Å². The van der Waals surface area contributed by atoms with Crippen LogP contribution in [0.3, 0.4) is 0 Å². The predicted octanol–water partition coefficient (Wildman–Crippen LogP) is 1.93. The molecule has 66 valence electrons. The van der Waals surface area contributed by atoms with Crippen molar-refractivity contribution in [2.24, 2.45) is 11.3 Å². The van der Waals surface area contributed by atoms with Crippen molar-refractivity contribution in [1.29, 1.82) is 0 Å². The lowest BCUT2D eigenvalue weighted by atomic mass is 9.82. The largest absolute Gasteiger partial charge is 0.493 e. The number of carbonyl (C=O) groups is 1. The number of hydrogen-bond acceptors (Lipinski definition) is 2. The fourth-order valence-corrected chi connectivity index (χ4v) is 1.56. The number of ketones is 1. The van der Waals surface area contributed by atoms with Crippen LogP contribution in [-0.4, -0.2) is 12.9 Å². The van der Waals surface area contributed by atoms with Gasteiger partial charge >= 0.3 is 0 Å². The maximum atomic E-state index is 11.5. The second kappa shape index (κ2) is 2.77. The maximum Gasteiger partial charge on any atom is 0.204 e. The highest BCUT2D eigenvalue weighted by molar-refractivity contribution is 5.99. The lowest BCUT2D eigenvalue weighted by Crippen LogP contribution is -2.21. The topological polar surface area (TPSA) is 26.3 Å². The first kappa shape index (κ1) is 9.04. The minimum Gasteiger partial charge on any atom is -0.493 e. The average molecular weight is 166 g/mol. The molecule has 0 spiro atoms. The normalized spacial score (nSPS) is 26.8. The molecule has 0 aliphatic heterocycles. The van der Waals surface area contributed by atoms with Crippen molar-refractivity contribution in [2.45, 2.75) is 13.8 Å². The molecule has 0 radical (unpaired) electrons. The molecular weight excluding hydrogens is 152 g/mol. The molecule has 1 aliphatic rings. The minimum atomic E-state index is -0.149. The first-order chi connectivity index (χ1) is 5.53. The van der Waals surface area contributed by atoms with Gasteiger partial charge in [0.1, 0.15) is 0 Å². The van der Waals surface area contributed by atoms with E-state index in [-0.39, 0.29) is 17.1 Å². The van der Waals surface area contributed by atoms with Gasteiger partial charge in [-0.2, -0.15) is 0 Å². The molecule has 0 aromatic carbocycles. The highest BCUT2D eigenvalue weighted by Crippen LogP contribution is 2.38. The van der Waals surface area contributed by atoms with E-state index in [4.69, 9.17) is 4.74 Å². The third kappa shape index (κ3) is 1.17. The Labute approximate surface area is 72.9 Å². The van der Waals surface area contributed by atoms with E-state index >= 15 is 0 Å². The third-order valence-corrected chi connectivity index (χ3v) is 2.29. The Bertz CT molecular complexity index is 249. The number of hydrogen-bond donors (Lipinski definition) is 0. The Morgan fingerprint density at radius 1 is 1.67 bits per heavy atom. The summed E-state index contributed by atoms with van der Waals surface area (Å²) in [5, 5.41) is 0. The number of Topliss-reactive ketones (excluding diaryl/α,β-unsaturated/α-hetero) is 1. The van der Waals surface area contributed by atoms with Crippen molar-refractivity contribution in [3.63, 3.8) is 0 Å². The van der Waals surface area contributed by atoms with Crippen LogP contribution in [0.4, 0.5) is 0 Å². The second-order valence-electron chi connectivity index (χ2n) is 3.61. The lowest BCUT2D eigenvalue weighted by molar-refractivity contribution is -0.121. The highest BCUT2D eigenvalue weighted by Gasteiger charge is 2.40. The van der Waals surface area contributed by atoms with Gasteiger partial charge in [0.15, 0.2) is 5.76 Å². The SMILES string of the molecule is C=CC1C(=O)C(OC)=CC1(C)C. The van der Waals surface area contributed by atoms with E-state index in [2.05, 4.69) is 6.58 Å². The zero-order valence-corrected chi connectivity index (χ0v) is 7.76. The minimum absolute atomic E-state index is 0.0394. The first-order valence-electron chi connectivity index (χ1n) is 3.96. The molecule has 0 aromatic rings. The number of ether oxygens (including phenoxy) is 1. The fraction of sp³-hybridized carbons (Fsp3) is 0.500. The number of rotatable bonds is 2. The molecule has 0 aromatic heterocycles. The van der Waals surface area contributed by atoms with Crippen LogP contribution in [0, 0.1) is 11.3 Å². The van der Waals surface area contributed by atoms with Crippen LogP contribution >= 0.6 is 0 Å². The van der Waals surface area contributed by atoms with E-state index in [1.165, 1.54) is 7.11 Å². The molecule has 0 saturated carbocycles. The summed E-state index contributed by atoms with van der Waals surface area (Å²) < 4.78 is 4.95. The van der Waals surface area contributed by atoms with Crippen LogP contribution in [0.5, 0.6) is 0 Å². The summed E-state index contributed by atoms with van der Waals surface area (Å²) in [7, 11) is 1.52. The van der Waals surface area contributed by atoms with Crippen LogP contribution in [0.15, 0.2) is 24.5 Å². The van der Waals surface area contributed by atoms with Gasteiger partial charge in [-0.1, -0.05) is 19.9 Å². The molecule has 0 bridgehead atoms. The Kier molecular flexibility index (Phi) is 2.09. The Hall–Kier alpha value is -1.05. The molecule has 2 heteroatoms. The molecule has 1 atom stereocenters. The van der Waals surface area contributed by atoms with Crippen LogP contribution in [-0.2, 0) is 9.53 Å². The van der Waals surface area contributed by atoms with Gasteiger partial charge in [-0.15, -0.1) is 6.58 Å². The zero-order valence-electron chi connectivity index (χ0n) is 7.76. The van der Waals surface area contributed by atoms with Crippen molar-refractivity contribution in [3.05, 3.63) is 24.5 Å². The molecule has 0 amide bonds. The molecule has 0 N–H and O–H groups in total. The lowest BCUT2D eigenvalue weighted by Gasteiger charge is -2.20. The molecule has 1 rings (SSSR count). The Morgan fingerprint density at radius 2 is 2.25 bits per heavy atom. The van der Waals surface area contributed by atoms with Gasteiger partial charge in [0, 0.05) is 5.41 Å². The summed E-state index contributed by atoms with van der Waals surface area (Å²) in [6.45, 7) is 7.65. The van der Waals surface area contributed by atoms with Crippen molar-refractivity contribution in [3.8, 4) is 0 Å². The van der Waals surface area contributed by atoms with E-state index < -0.39 is 0 Å². The molecule has 12 heavy (non-hydrogen) atoms. The summed E-state index contributed by atoms with van der Waals surface area (Å²) in [5.74, 6) is 0.370. The molecule has 1 unspecified atom stereocenters. The molecule has 0 heterocycles. The molecule has 0 saturated heterocycles. The van der Waals surface area contributed by atoms with Gasteiger partial charge in [-0.25, -0.2) is 0 Å². The van der Waals surface area contributed by atoms with Gasteiger partial charge in [0.25, 0.3) is 0 Å². The standard InChI is InChI=1S/C10H14O2/c1-5-7-9(11)8(12-4)6-10(7,2)3/h5-7H,1H2,2-4H3. The zero-order chi connectivity index (χ0) is 9.35. The van der Waals surface area contributed by atoms with Crippen LogP contribution in [0.25, 0.3) is 0 Å². The highest BCUT2D eigenvalue weighted by atomic mass is 16.5. The number of methoxy groups -OCH3 is 1. The number of carbonyl (C=O) groups excluding carboxylic acids is 1. The number of allylic oxidation sites excluding steroid dienone is 3. The van der Waals surface area contributed by atoms with Crippen LogP contribution < -0.4 is 0 Å². The summed E-state index contributed by atoms with van der Waals surface area (Å²) in [6.07, 6.45) is 3.55. The quantitative estimate of drug-likeness (QED) is 0.586. The summed E-state index contributed by atoms with van der Waals surface area (Å²) in [5.41, 5.74) is -0.149.